The van der Waals surface area contributed by atoms with Crippen LogP contribution in [0.3, 0.4) is 0 Å². The van der Waals surface area contributed by atoms with Crippen molar-refractivity contribution in [2.75, 3.05) is 0 Å². The second kappa shape index (κ2) is 12.5. The van der Waals surface area contributed by atoms with Crippen molar-refractivity contribution in [3.05, 3.63) is 0 Å². The minimum atomic E-state index is -0.485. The molecule has 0 aliphatic heterocycles. The van der Waals surface area contributed by atoms with Crippen molar-refractivity contribution >= 4 is 0 Å². The van der Waals surface area contributed by atoms with Gasteiger partial charge >= 0.3 is 0 Å². The fraction of sp³-hybridized carbons (Fsp3) is 1.00. The molecule has 21 heavy (non-hydrogen) atoms. The second-order valence-electron chi connectivity index (χ2n) is 7.28. The summed E-state index contributed by atoms with van der Waals surface area (Å²) in [6.45, 7) is 4.53. The Labute approximate surface area is 133 Å². The average molecular weight is 299 g/mol. The second-order valence-corrected chi connectivity index (χ2v) is 7.28. The minimum absolute atomic E-state index is 0.405. The number of hydrogen-bond donors (Lipinski definition) is 0. The first-order chi connectivity index (χ1) is 10.3. The molecule has 3 atom stereocenters. The topological polar surface area (TPSA) is 0 Å². The molecule has 1 rings (SSSR count). The van der Waals surface area contributed by atoms with E-state index in [1.165, 1.54) is 77.0 Å². The first kappa shape index (κ1) is 19.0. The lowest BCUT2D eigenvalue weighted by Gasteiger charge is -2.21. The Hall–Kier alpha value is -0.0700. The van der Waals surface area contributed by atoms with Crippen LogP contribution < -0.4 is 0 Å². The van der Waals surface area contributed by atoms with E-state index in [2.05, 4.69) is 13.8 Å². The van der Waals surface area contributed by atoms with E-state index in [1.54, 1.807) is 0 Å². The maximum absolute atomic E-state index is 14.1. The zero-order valence-electron chi connectivity index (χ0n) is 14.7. The SMILES string of the molecule is CCCCCCCC[C@H]1C(F)CC[C@@H]1CCCCCCC. The summed E-state index contributed by atoms with van der Waals surface area (Å²) in [4.78, 5) is 0. The quantitative estimate of drug-likeness (QED) is 0.309. The smallest absolute Gasteiger partial charge is 0.103 e. The third kappa shape index (κ3) is 8.21. The molecule has 0 bridgehead atoms. The highest BCUT2D eigenvalue weighted by molar-refractivity contribution is 4.84. The van der Waals surface area contributed by atoms with Crippen LogP contribution in [-0.4, -0.2) is 6.17 Å². The summed E-state index contributed by atoms with van der Waals surface area (Å²) in [5.41, 5.74) is 0. The number of hydrogen-bond acceptors (Lipinski definition) is 0. The molecule has 1 fully saturated rings. The molecule has 126 valence electrons. The first-order valence-corrected chi connectivity index (χ1v) is 9.93. The monoisotopic (exact) mass is 298 g/mol. The summed E-state index contributed by atoms with van der Waals surface area (Å²) in [5, 5.41) is 0. The third-order valence-electron chi connectivity index (χ3n) is 5.45. The van der Waals surface area contributed by atoms with Crippen molar-refractivity contribution in [2.45, 2.75) is 116 Å². The molecule has 1 saturated carbocycles. The van der Waals surface area contributed by atoms with Gasteiger partial charge in [-0.1, -0.05) is 90.9 Å². The van der Waals surface area contributed by atoms with Crippen molar-refractivity contribution < 1.29 is 4.39 Å². The molecule has 0 heterocycles. The lowest BCUT2D eigenvalue weighted by atomic mass is 9.86. The highest BCUT2D eigenvalue weighted by Crippen LogP contribution is 2.40. The number of alkyl halides is 1. The van der Waals surface area contributed by atoms with E-state index >= 15 is 0 Å². The maximum atomic E-state index is 14.1. The summed E-state index contributed by atoms with van der Waals surface area (Å²) >= 11 is 0. The normalized spacial score (nSPS) is 25.6. The number of rotatable bonds is 13. The van der Waals surface area contributed by atoms with Crippen molar-refractivity contribution in [3.63, 3.8) is 0 Å². The molecule has 0 saturated heterocycles. The van der Waals surface area contributed by atoms with Crippen molar-refractivity contribution in [1.29, 1.82) is 0 Å². The molecule has 1 heteroatoms. The van der Waals surface area contributed by atoms with Crippen LogP contribution in [0.5, 0.6) is 0 Å². The van der Waals surface area contributed by atoms with Crippen LogP contribution in [0.4, 0.5) is 4.39 Å². The van der Waals surface area contributed by atoms with E-state index in [4.69, 9.17) is 0 Å². The molecule has 1 unspecified atom stereocenters. The Bertz CT molecular complexity index is 226. The molecular weight excluding hydrogens is 259 g/mol. The van der Waals surface area contributed by atoms with Gasteiger partial charge in [0.15, 0.2) is 0 Å². The van der Waals surface area contributed by atoms with Gasteiger partial charge in [-0.25, -0.2) is 4.39 Å². The molecule has 0 spiro atoms. The third-order valence-corrected chi connectivity index (χ3v) is 5.45. The van der Waals surface area contributed by atoms with E-state index < -0.39 is 6.17 Å². The Balaban J connectivity index is 2.10. The fourth-order valence-corrected chi connectivity index (χ4v) is 4.04. The van der Waals surface area contributed by atoms with Crippen LogP contribution in [0.15, 0.2) is 0 Å². The van der Waals surface area contributed by atoms with E-state index in [-0.39, 0.29) is 0 Å². The zero-order chi connectivity index (χ0) is 15.3. The minimum Gasteiger partial charge on any atom is -0.247 e. The molecule has 0 aromatic rings. The van der Waals surface area contributed by atoms with Gasteiger partial charge < -0.3 is 0 Å². The van der Waals surface area contributed by atoms with E-state index in [9.17, 15) is 4.39 Å². The predicted octanol–water partition coefficient (Wildman–Crippen LogP) is 7.46. The van der Waals surface area contributed by atoms with Crippen molar-refractivity contribution in [3.8, 4) is 0 Å². The van der Waals surface area contributed by atoms with Gasteiger partial charge in [-0.2, -0.15) is 0 Å². The van der Waals surface area contributed by atoms with Gasteiger partial charge in [-0.3, -0.25) is 0 Å². The Morgan fingerprint density at radius 1 is 0.667 bits per heavy atom. The maximum Gasteiger partial charge on any atom is 0.103 e. The van der Waals surface area contributed by atoms with Crippen LogP contribution in [0.1, 0.15) is 110 Å². The molecule has 1 aliphatic carbocycles. The lowest BCUT2D eigenvalue weighted by molar-refractivity contribution is 0.205. The van der Waals surface area contributed by atoms with E-state index in [0.29, 0.717) is 11.8 Å². The van der Waals surface area contributed by atoms with Crippen LogP contribution in [-0.2, 0) is 0 Å². The Morgan fingerprint density at radius 3 is 1.81 bits per heavy atom. The molecule has 1 aliphatic rings. The first-order valence-electron chi connectivity index (χ1n) is 9.93. The molecule has 0 aromatic carbocycles. The predicted molar refractivity (Wildman–Crippen MR) is 92.5 cm³/mol. The molecular formula is C20H39F. The number of halogens is 1. The fourth-order valence-electron chi connectivity index (χ4n) is 4.04. The average Bonchev–Trinajstić information content (AvgIpc) is 2.83. The molecule has 0 amide bonds. The summed E-state index contributed by atoms with van der Waals surface area (Å²) in [6, 6.07) is 0. The van der Waals surface area contributed by atoms with Gasteiger partial charge in [-0.15, -0.1) is 0 Å². The Kier molecular flexibility index (Phi) is 11.3. The largest absolute Gasteiger partial charge is 0.247 e. The van der Waals surface area contributed by atoms with Crippen LogP contribution in [0, 0.1) is 11.8 Å². The van der Waals surface area contributed by atoms with Crippen molar-refractivity contribution in [1.82, 2.24) is 0 Å². The number of unbranched alkanes of at least 4 members (excludes halogenated alkanes) is 9. The molecule has 0 N–H and O–H groups in total. The van der Waals surface area contributed by atoms with Crippen LogP contribution in [0.25, 0.3) is 0 Å². The van der Waals surface area contributed by atoms with Gasteiger partial charge in [0.25, 0.3) is 0 Å². The van der Waals surface area contributed by atoms with Gasteiger partial charge in [-0.05, 0) is 31.1 Å². The molecule has 0 aromatic heterocycles. The summed E-state index contributed by atoms with van der Waals surface area (Å²) in [5.74, 6) is 1.11. The van der Waals surface area contributed by atoms with Gasteiger partial charge in [0, 0.05) is 0 Å². The van der Waals surface area contributed by atoms with Gasteiger partial charge in [0.05, 0.1) is 0 Å². The highest BCUT2D eigenvalue weighted by Gasteiger charge is 2.34. The van der Waals surface area contributed by atoms with Crippen LogP contribution in [0.2, 0.25) is 0 Å². The van der Waals surface area contributed by atoms with Gasteiger partial charge in [0.1, 0.15) is 6.17 Å². The molecule has 0 nitrogen and oxygen atoms in total. The van der Waals surface area contributed by atoms with E-state index in [0.717, 1.165) is 19.3 Å². The lowest BCUT2D eigenvalue weighted by Crippen LogP contribution is -2.16. The van der Waals surface area contributed by atoms with Crippen LogP contribution >= 0.6 is 0 Å². The molecule has 0 radical (unpaired) electrons. The van der Waals surface area contributed by atoms with Gasteiger partial charge in [0.2, 0.25) is 0 Å². The zero-order valence-corrected chi connectivity index (χ0v) is 14.7. The summed E-state index contributed by atoms with van der Waals surface area (Å²) in [7, 11) is 0. The van der Waals surface area contributed by atoms with E-state index in [1.807, 2.05) is 0 Å². The highest BCUT2D eigenvalue weighted by atomic mass is 19.1. The van der Waals surface area contributed by atoms with Crippen molar-refractivity contribution in [2.24, 2.45) is 11.8 Å². The Morgan fingerprint density at radius 2 is 1.19 bits per heavy atom. The summed E-state index contributed by atoms with van der Waals surface area (Å²) in [6.07, 6.45) is 18.8. The standard InChI is InChI=1S/C20H39F/c1-3-5-7-9-11-13-15-19-18(16-17-20(19)21)14-12-10-8-6-4-2/h18-20H,3-17H2,1-2H3/t18-,19+,20?/m0/s1. The summed E-state index contributed by atoms with van der Waals surface area (Å²) < 4.78 is 14.1.